The van der Waals surface area contributed by atoms with Crippen LogP contribution in [0.3, 0.4) is 0 Å². The number of esters is 1. The number of carbonyl (C=O) groups is 2. The molecule has 116 valence electrons. The predicted molar refractivity (Wildman–Crippen MR) is 77.9 cm³/mol. The molecule has 0 aliphatic carbocycles. The number of hydrogen-bond acceptors (Lipinski definition) is 4. The van der Waals surface area contributed by atoms with Crippen molar-refractivity contribution in [2.75, 3.05) is 6.54 Å². The van der Waals surface area contributed by atoms with Gasteiger partial charge in [-0.3, -0.25) is 9.59 Å². The molecule has 1 amide bonds. The third-order valence-electron chi connectivity index (χ3n) is 2.67. The maximum absolute atomic E-state index is 11.3. The van der Waals surface area contributed by atoms with Gasteiger partial charge in [0.15, 0.2) is 0 Å². The molecule has 0 aromatic carbocycles. The molecule has 0 radical (unpaired) electrons. The number of aliphatic hydroxyl groups is 1. The largest absolute Gasteiger partial charge is 0.435 e. The molecule has 5 heteroatoms. The van der Waals surface area contributed by atoms with Gasteiger partial charge < -0.3 is 15.2 Å². The fourth-order valence-electron chi connectivity index (χ4n) is 1.51. The highest BCUT2D eigenvalue weighted by Gasteiger charge is 2.07. The second-order valence-electron chi connectivity index (χ2n) is 4.86. The summed E-state index contributed by atoms with van der Waals surface area (Å²) in [6.45, 7) is 3.94. The predicted octanol–water partition coefficient (Wildman–Crippen LogP) is 2.29. The zero-order chi connectivity index (χ0) is 15.2. The van der Waals surface area contributed by atoms with E-state index in [4.69, 9.17) is 9.84 Å². The summed E-state index contributed by atoms with van der Waals surface area (Å²) in [6, 6.07) is 0. The number of allylic oxidation sites excluding steroid dienone is 1. The van der Waals surface area contributed by atoms with Gasteiger partial charge in [-0.1, -0.05) is 26.2 Å². The van der Waals surface area contributed by atoms with E-state index in [1.807, 2.05) is 6.08 Å². The minimum Gasteiger partial charge on any atom is -0.435 e. The summed E-state index contributed by atoms with van der Waals surface area (Å²) in [5.74, 6) is -0.673. The van der Waals surface area contributed by atoms with Crippen molar-refractivity contribution >= 4 is 11.9 Å². The van der Waals surface area contributed by atoms with Crippen LogP contribution in [0.4, 0.5) is 0 Å². The van der Waals surface area contributed by atoms with Gasteiger partial charge in [-0.2, -0.15) is 0 Å². The van der Waals surface area contributed by atoms with Crippen LogP contribution in [0.25, 0.3) is 0 Å². The third kappa shape index (κ3) is 13.1. The maximum Gasteiger partial charge on any atom is 0.311 e. The van der Waals surface area contributed by atoms with Crippen molar-refractivity contribution in [3.05, 3.63) is 12.3 Å². The van der Waals surface area contributed by atoms with Gasteiger partial charge in [0.05, 0.1) is 18.8 Å². The van der Waals surface area contributed by atoms with Crippen molar-refractivity contribution < 1.29 is 19.4 Å². The number of amides is 1. The second-order valence-corrected chi connectivity index (χ2v) is 4.86. The van der Waals surface area contributed by atoms with Crippen LogP contribution in [0, 0.1) is 0 Å². The van der Waals surface area contributed by atoms with Crippen LogP contribution in [0.15, 0.2) is 12.3 Å². The molecule has 1 atom stereocenters. The maximum atomic E-state index is 11.3. The molecule has 0 saturated heterocycles. The lowest BCUT2D eigenvalue weighted by Crippen LogP contribution is -2.30. The van der Waals surface area contributed by atoms with E-state index in [9.17, 15) is 9.59 Å². The van der Waals surface area contributed by atoms with Crippen molar-refractivity contribution in [2.24, 2.45) is 0 Å². The molecule has 1 unspecified atom stereocenters. The van der Waals surface area contributed by atoms with Crippen LogP contribution in [0.2, 0.25) is 0 Å². The molecule has 0 aliphatic heterocycles. The Bertz CT molecular complexity index is 300. The normalized spacial score (nSPS) is 12.3. The molecule has 0 spiro atoms. The molecule has 5 nitrogen and oxygen atoms in total. The number of carbonyl (C=O) groups excluding carboxylic acids is 2. The quantitative estimate of drug-likeness (QED) is 0.347. The summed E-state index contributed by atoms with van der Waals surface area (Å²) < 4.78 is 4.88. The number of nitrogens with one attached hydrogen (secondary N) is 1. The average Bonchev–Trinajstić information content (AvgIpc) is 2.41. The summed E-state index contributed by atoms with van der Waals surface area (Å²) in [5, 5.41) is 11.5. The van der Waals surface area contributed by atoms with Crippen molar-refractivity contribution in [2.45, 2.75) is 64.9 Å². The summed E-state index contributed by atoms with van der Waals surface area (Å²) in [6.07, 6.45) is 8.42. The Labute approximate surface area is 121 Å². The van der Waals surface area contributed by atoms with Crippen molar-refractivity contribution in [3.8, 4) is 0 Å². The van der Waals surface area contributed by atoms with E-state index in [0.29, 0.717) is 0 Å². The van der Waals surface area contributed by atoms with Crippen LogP contribution < -0.4 is 5.32 Å². The minimum absolute atomic E-state index is 0.0474. The fourth-order valence-corrected chi connectivity index (χ4v) is 1.51. The molecular formula is C15H27NO4. The van der Waals surface area contributed by atoms with Crippen LogP contribution in [0.5, 0.6) is 0 Å². The summed E-state index contributed by atoms with van der Waals surface area (Å²) >= 11 is 0. The van der Waals surface area contributed by atoms with Gasteiger partial charge in [0.1, 0.15) is 0 Å². The summed E-state index contributed by atoms with van der Waals surface area (Å²) in [7, 11) is 0. The SMILES string of the molecule is CCCCCCC=COC(=O)CCC(=O)NCC(C)O. The Morgan fingerprint density at radius 1 is 1.25 bits per heavy atom. The summed E-state index contributed by atoms with van der Waals surface area (Å²) in [5.41, 5.74) is 0. The monoisotopic (exact) mass is 285 g/mol. The van der Waals surface area contributed by atoms with Gasteiger partial charge in [0.2, 0.25) is 5.91 Å². The van der Waals surface area contributed by atoms with Crippen LogP contribution >= 0.6 is 0 Å². The number of aliphatic hydroxyl groups excluding tert-OH is 1. The molecule has 0 aromatic heterocycles. The molecular weight excluding hydrogens is 258 g/mol. The second kappa shape index (κ2) is 12.7. The molecule has 0 aromatic rings. The van der Waals surface area contributed by atoms with Crippen molar-refractivity contribution in [1.29, 1.82) is 0 Å². The first-order valence-electron chi connectivity index (χ1n) is 7.35. The smallest absolute Gasteiger partial charge is 0.311 e. The first-order chi connectivity index (χ1) is 9.56. The number of rotatable bonds is 11. The highest BCUT2D eigenvalue weighted by Crippen LogP contribution is 2.03. The van der Waals surface area contributed by atoms with Gasteiger partial charge in [-0.15, -0.1) is 0 Å². The molecule has 20 heavy (non-hydrogen) atoms. The molecule has 2 N–H and O–H groups in total. The van der Waals surface area contributed by atoms with Gasteiger partial charge in [-0.25, -0.2) is 0 Å². The van der Waals surface area contributed by atoms with Crippen molar-refractivity contribution in [1.82, 2.24) is 5.32 Å². The third-order valence-corrected chi connectivity index (χ3v) is 2.67. The van der Waals surface area contributed by atoms with Gasteiger partial charge in [-0.05, 0) is 25.8 Å². The molecule has 0 rings (SSSR count). The van der Waals surface area contributed by atoms with E-state index >= 15 is 0 Å². The Morgan fingerprint density at radius 2 is 2.00 bits per heavy atom. The van der Waals surface area contributed by atoms with Crippen molar-refractivity contribution in [3.63, 3.8) is 0 Å². The topological polar surface area (TPSA) is 75.6 Å². The lowest BCUT2D eigenvalue weighted by molar-refractivity contribution is -0.139. The number of unbranched alkanes of at least 4 members (excludes halogenated alkanes) is 4. The lowest BCUT2D eigenvalue weighted by Gasteiger charge is -2.06. The first-order valence-corrected chi connectivity index (χ1v) is 7.35. The van der Waals surface area contributed by atoms with E-state index in [1.54, 1.807) is 6.92 Å². The highest BCUT2D eigenvalue weighted by atomic mass is 16.5. The number of ether oxygens (including phenoxy) is 1. The molecule has 0 saturated carbocycles. The van der Waals surface area contributed by atoms with Gasteiger partial charge in [0.25, 0.3) is 0 Å². The Morgan fingerprint density at radius 3 is 2.65 bits per heavy atom. The van der Waals surface area contributed by atoms with E-state index in [1.165, 1.54) is 25.5 Å². The minimum atomic E-state index is -0.582. The Balaban J connectivity index is 3.53. The standard InChI is InChI=1S/C15H27NO4/c1-3-4-5-6-7-8-11-20-15(19)10-9-14(18)16-12-13(2)17/h8,11,13,17H,3-7,9-10,12H2,1-2H3,(H,16,18). The summed E-state index contributed by atoms with van der Waals surface area (Å²) in [4.78, 5) is 22.6. The van der Waals surface area contributed by atoms with Gasteiger partial charge in [0, 0.05) is 13.0 Å². The van der Waals surface area contributed by atoms with E-state index in [-0.39, 0.29) is 25.3 Å². The average molecular weight is 285 g/mol. The molecule has 0 aliphatic rings. The first kappa shape index (κ1) is 18.6. The van der Waals surface area contributed by atoms with Crippen LogP contribution in [0.1, 0.15) is 58.8 Å². The van der Waals surface area contributed by atoms with E-state index < -0.39 is 12.1 Å². The Kier molecular flexibility index (Phi) is 11.8. The van der Waals surface area contributed by atoms with E-state index in [0.717, 1.165) is 12.8 Å². The Hall–Kier alpha value is -1.36. The van der Waals surface area contributed by atoms with Gasteiger partial charge >= 0.3 is 5.97 Å². The molecule has 0 bridgehead atoms. The van der Waals surface area contributed by atoms with Crippen LogP contribution in [-0.4, -0.2) is 29.6 Å². The molecule has 0 fully saturated rings. The number of hydrogen-bond donors (Lipinski definition) is 2. The van der Waals surface area contributed by atoms with E-state index in [2.05, 4.69) is 12.2 Å². The lowest BCUT2D eigenvalue weighted by atomic mass is 10.1. The zero-order valence-electron chi connectivity index (χ0n) is 12.6. The van der Waals surface area contributed by atoms with Crippen LogP contribution in [-0.2, 0) is 14.3 Å². The molecule has 0 heterocycles. The zero-order valence-corrected chi connectivity index (χ0v) is 12.6. The fraction of sp³-hybridized carbons (Fsp3) is 0.733. The highest BCUT2D eigenvalue weighted by molar-refractivity contribution is 5.81.